The summed E-state index contributed by atoms with van der Waals surface area (Å²) in [6, 6.07) is 7.65. The van der Waals surface area contributed by atoms with Gasteiger partial charge >= 0.3 is 0 Å². The highest BCUT2D eigenvalue weighted by atomic mass is 32.2. The van der Waals surface area contributed by atoms with Crippen molar-refractivity contribution in [1.29, 1.82) is 5.26 Å². The molecule has 102 valence electrons. The molecule has 0 unspecified atom stereocenters. The Kier molecular flexibility index (Phi) is 3.37. The molecule has 1 aliphatic carbocycles. The lowest BCUT2D eigenvalue weighted by molar-refractivity contribution is 0.162. The zero-order valence-electron chi connectivity index (χ0n) is 10.6. The molecule has 1 aliphatic rings. The summed E-state index contributed by atoms with van der Waals surface area (Å²) in [5.74, 6) is -0.859. The molecule has 0 spiro atoms. The first-order valence-corrected chi connectivity index (χ1v) is 7.67. The number of nitrogens with zero attached hydrogens (tertiary/aromatic N) is 1. The minimum Gasteiger partial charge on any atom is -0.383 e. The molecule has 6 heteroatoms. The Bertz CT molecular complexity index is 620. The average Bonchev–Trinajstić information content (AvgIpc) is 3.00. The maximum atomic E-state index is 12.9. The second-order valence-corrected chi connectivity index (χ2v) is 7.03. The fourth-order valence-corrected chi connectivity index (χ4v) is 4.60. The number of hydrogen-bond donors (Lipinski definition) is 0. The monoisotopic (exact) mass is 283 g/mol. The predicted molar refractivity (Wildman–Crippen MR) is 67.7 cm³/mol. The SMILES string of the molecule is COC[C@]1(C#N)[C@@H](c2ccc(F)cc2)[C@@H]1S(C)(=O)=O. The van der Waals surface area contributed by atoms with E-state index in [0.717, 1.165) is 6.26 Å². The van der Waals surface area contributed by atoms with Gasteiger partial charge in [0.05, 0.1) is 17.9 Å². The van der Waals surface area contributed by atoms with Crippen LogP contribution < -0.4 is 0 Å². The van der Waals surface area contributed by atoms with Gasteiger partial charge in [-0.1, -0.05) is 12.1 Å². The first-order chi connectivity index (χ1) is 8.86. The van der Waals surface area contributed by atoms with Crippen LogP contribution in [0.25, 0.3) is 0 Å². The van der Waals surface area contributed by atoms with Crippen molar-refractivity contribution in [3.05, 3.63) is 35.6 Å². The summed E-state index contributed by atoms with van der Waals surface area (Å²) in [5.41, 5.74) is -0.421. The minimum atomic E-state index is -3.38. The van der Waals surface area contributed by atoms with Crippen LogP contribution in [0.5, 0.6) is 0 Å². The van der Waals surface area contributed by atoms with E-state index in [4.69, 9.17) is 4.74 Å². The van der Waals surface area contributed by atoms with E-state index in [0.29, 0.717) is 5.56 Å². The Labute approximate surface area is 111 Å². The molecule has 1 aromatic carbocycles. The number of methoxy groups -OCH3 is 1. The third kappa shape index (κ3) is 2.24. The largest absolute Gasteiger partial charge is 0.383 e. The summed E-state index contributed by atoms with van der Waals surface area (Å²) < 4.78 is 41.5. The highest BCUT2D eigenvalue weighted by Gasteiger charge is 2.71. The summed E-state index contributed by atoms with van der Waals surface area (Å²) in [4.78, 5) is 0. The van der Waals surface area contributed by atoms with Crippen molar-refractivity contribution < 1.29 is 17.5 Å². The van der Waals surface area contributed by atoms with Gasteiger partial charge in [-0.05, 0) is 17.7 Å². The van der Waals surface area contributed by atoms with Crippen molar-refractivity contribution in [1.82, 2.24) is 0 Å². The minimum absolute atomic E-state index is 0.0449. The van der Waals surface area contributed by atoms with E-state index < -0.39 is 32.2 Å². The highest BCUT2D eigenvalue weighted by Crippen LogP contribution is 2.62. The molecule has 1 aromatic rings. The van der Waals surface area contributed by atoms with Crippen molar-refractivity contribution in [3.8, 4) is 6.07 Å². The lowest BCUT2D eigenvalue weighted by atomic mass is 10.0. The van der Waals surface area contributed by atoms with Crippen LogP contribution in [0.3, 0.4) is 0 Å². The van der Waals surface area contributed by atoms with E-state index in [1.165, 1.54) is 31.4 Å². The van der Waals surface area contributed by atoms with Crippen LogP contribution in [0.2, 0.25) is 0 Å². The Hall–Kier alpha value is -1.45. The number of halogens is 1. The molecule has 4 nitrogen and oxygen atoms in total. The van der Waals surface area contributed by atoms with Crippen LogP contribution in [0, 0.1) is 22.6 Å². The normalized spacial score (nSPS) is 29.8. The quantitative estimate of drug-likeness (QED) is 0.839. The van der Waals surface area contributed by atoms with Crippen LogP contribution in [0.4, 0.5) is 4.39 Å². The maximum absolute atomic E-state index is 12.9. The highest BCUT2D eigenvalue weighted by molar-refractivity contribution is 7.91. The molecule has 3 atom stereocenters. The van der Waals surface area contributed by atoms with Crippen molar-refractivity contribution in [2.24, 2.45) is 5.41 Å². The van der Waals surface area contributed by atoms with E-state index in [1.807, 2.05) is 0 Å². The Balaban J connectivity index is 2.44. The Morgan fingerprint density at radius 2 is 2.00 bits per heavy atom. The van der Waals surface area contributed by atoms with Crippen molar-refractivity contribution in [3.63, 3.8) is 0 Å². The molecule has 0 heterocycles. The van der Waals surface area contributed by atoms with E-state index in [1.54, 1.807) is 0 Å². The molecule has 0 aliphatic heterocycles. The first kappa shape index (κ1) is 14.0. The van der Waals surface area contributed by atoms with Gasteiger partial charge in [0, 0.05) is 19.3 Å². The van der Waals surface area contributed by atoms with Gasteiger partial charge in [0.15, 0.2) is 9.84 Å². The van der Waals surface area contributed by atoms with Crippen LogP contribution >= 0.6 is 0 Å². The van der Waals surface area contributed by atoms with Gasteiger partial charge in [0.1, 0.15) is 11.2 Å². The van der Waals surface area contributed by atoms with Gasteiger partial charge in [-0.3, -0.25) is 0 Å². The number of benzene rings is 1. The fraction of sp³-hybridized carbons (Fsp3) is 0.462. The van der Waals surface area contributed by atoms with Gasteiger partial charge in [0.25, 0.3) is 0 Å². The molecule has 2 rings (SSSR count). The third-order valence-electron chi connectivity index (χ3n) is 3.54. The molecule has 1 saturated carbocycles. The zero-order valence-corrected chi connectivity index (χ0v) is 11.4. The molecule has 0 bridgehead atoms. The summed E-state index contributed by atoms with van der Waals surface area (Å²) in [5, 5.41) is 8.54. The molecule has 0 saturated heterocycles. The van der Waals surface area contributed by atoms with Gasteiger partial charge < -0.3 is 4.74 Å². The summed E-state index contributed by atoms with van der Waals surface area (Å²) in [6.07, 6.45) is 1.11. The molecule has 19 heavy (non-hydrogen) atoms. The predicted octanol–water partition coefficient (Wildman–Crippen LogP) is 1.49. The average molecular weight is 283 g/mol. The number of rotatable bonds is 4. The van der Waals surface area contributed by atoms with Crippen LogP contribution in [-0.2, 0) is 14.6 Å². The van der Waals surface area contributed by atoms with E-state index in [2.05, 4.69) is 6.07 Å². The van der Waals surface area contributed by atoms with E-state index in [9.17, 15) is 18.1 Å². The Morgan fingerprint density at radius 3 is 2.42 bits per heavy atom. The standard InChI is InChI=1S/C13H14FNO3S/c1-18-8-13(7-15)11(12(13)19(2,16)17)9-3-5-10(14)6-4-9/h3-6,11-12H,8H2,1-2H3/t11-,12-,13+/m0/s1. The van der Waals surface area contributed by atoms with Crippen molar-refractivity contribution in [2.45, 2.75) is 11.2 Å². The molecule has 1 fully saturated rings. The fourth-order valence-electron chi connectivity index (χ4n) is 2.75. The number of sulfone groups is 1. The number of nitriles is 1. The summed E-state index contributed by atoms with van der Waals surface area (Å²) in [7, 11) is -1.95. The zero-order chi connectivity index (χ0) is 14.3. The number of hydrogen-bond acceptors (Lipinski definition) is 4. The topological polar surface area (TPSA) is 67.2 Å². The summed E-state index contributed by atoms with van der Waals surface area (Å²) >= 11 is 0. The molecular weight excluding hydrogens is 269 g/mol. The molecular formula is C13H14FNO3S. The van der Waals surface area contributed by atoms with E-state index >= 15 is 0 Å². The lowest BCUT2D eigenvalue weighted by Gasteiger charge is -2.06. The Morgan fingerprint density at radius 1 is 1.42 bits per heavy atom. The van der Waals surface area contributed by atoms with Crippen LogP contribution in [0.1, 0.15) is 11.5 Å². The van der Waals surface area contributed by atoms with Gasteiger partial charge in [-0.25, -0.2) is 12.8 Å². The molecule has 0 aromatic heterocycles. The first-order valence-electron chi connectivity index (χ1n) is 5.71. The summed E-state index contributed by atoms with van der Waals surface area (Å²) in [6.45, 7) is 0.0449. The molecule has 0 radical (unpaired) electrons. The van der Waals surface area contributed by atoms with Gasteiger partial charge in [0.2, 0.25) is 0 Å². The maximum Gasteiger partial charge on any atom is 0.152 e. The second-order valence-electron chi connectivity index (χ2n) is 4.86. The van der Waals surface area contributed by atoms with Gasteiger partial charge in [-0.15, -0.1) is 0 Å². The van der Waals surface area contributed by atoms with Crippen LogP contribution in [-0.4, -0.2) is 33.6 Å². The molecule has 0 amide bonds. The van der Waals surface area contributed by atoms with Crippen molar-refractivity contribution >= 4 is 9.84 Å². The van der Waals surface area contributed by atoms with Crippen LogP contribution in [0.15, 0.2) is 24.3 Å². The van der Waals surface area contributed by atoms with E-state index in [-0.39, 0.29) is 6.61 Å². The second kappa shape index (κ2) is 4.58. The molecule has 0 N–H and O–H groups in total. The third-order valence-corrected chi connectivity index (χ3v) is 5.15. The number of ether oxygens (including phenoxy) is 1. The van der Waals surface area contributed by atoms with Gasteiger partial charge in [-0.2, -0.15) is 5.26 Å². The smallest absolute Gasteiger partial charge is 0.152 e. The lowest BCUT2D eigenvalue weighted by Crippen LogP contribution is -2.17. The van der Waals surface area contributed by atoms with Crippen molar-refractivity contribution in [2.75, 3.05) is 20.0 Å².